The van der Waals surface area contributed by atoms with Crippen molar-refractivity contribution in [1.82, 2.24) is 16.0 Å². The second kappa shape index (κ2) is 48.0. The predicted molar refractivity (Wildman–Crippen MR) is 404 cm³/mol. The number of carboxylic acids is 1. The van der Waals surface area contributed by atoms with E-state index in [1.165, 1.54) is 6.92 Å². The van der Waals surface area contributed by atoms with Crippen LogP contribution in [0.3, 0.4) is 0 Å². The molecule has 0 aliphatic carbocycles. The highest BCUT2D eigenvalue weighted by molar-refractivity contribution is 5.76. The van der Waals surface area contributed by atoms with Crippen LogP contribution in [0.1, 0.15) is 41.5 Å². The number of hydrogen-bond donors (Lipinski definition) is 33. The van der Waals surface area contributed by atoms with E-state index in [-0.39, 0.29) is 20.6 Å². The molecular formula is C73H126N4O53. The Morgan fingerprint density at radius 2 is 0.677 bits per heavy atom. The van der Waals surface area contributed by atoms with Gasteiger partial charge in [-0.3, -0.25) is 14.4 Å². The van der Waals surface area contributed by atoms with Crippen LogP contribution in [0, 0.1) is 5.92 Å². The van der Waals surface area contributed by atoms with Gasteiger partial charge in [0.25, 0.3) is 5.79 Å². The van der Waals surface area contributed by atoms with E-state index in [0.29, 0.717) is 0 Å². The maximum atomic E-state index is 13.3. The zero-order valence-corrected chi connectivity index (χ0v) is 69.4. The van der Waals surface area contributed by atoms with Crippen molar-refractivity contribution in [3.05, 3.63) is 0 Å². The number of aliphatic hydroxyl groups is 28. The van der Waals surface area contributed by atoms with Crippen molar-refractivity contribution in [2.24, 2.45) is 11.7 Å². The molecular weight excluding hydrogens is 1780 g/mol. The molecule has 130 heavy (non-hydrogen) atoms. The van der Waals surface area contributed by atoms with Crippen LogP contribution in [0.25, 0.3) is 0 Å². The van der Waals surface area contributed by atoms with E-state index in [1.54, 1.807) is 0 Å². The number of aliphatic hydroxyl groups excluding tert-OH is 28. The van der Waals surface area contributed by atoms with Crippen molar-refractivity contribution in [2.45, 2.75) is 348 Å². The molecule has 0 bridgehead atoms. The summed E-state index contributed by atoms with van der Waals surface area (Å²) in [7, 11) is 0. The minimum atomic E-state index is -3.17. The van der Waals surface area contributed by atoms with Crippen LogP contribution in [-0.4, -0.2) is 557 Å². The smallest absolute Gasteiger partial charge is 0.364 e. The third-order valence-electron chi connectivity index (χ3n) is 23.8. The number of ether oxygens (including phenoxy) is 20. The standard InChI is InChI=1S/C72H122N4O53.CH4/c1-18-22(88)7-72(71(108)109,128-54(18)36(90)23(89)8-77)129-60-40(94)27(12-81)115-69(53(60)107)124-57-30(15-84)119-64(35(45(57)99)76-21(4)87)127-61-48(102)39(93)26(11-80)116-70(61)126-59-42(96)32(17-112-66-51(105)58(125-67-50(104)47(101)38(92)25(10-79)114-67)41(95)31(120-66)16-111-65-49(103)46(100)37(91)24(9-78)113-65)121-68(52(59)106)123-56-29(14-83)118-63(34(44(56)98)75-20(3)86)122-55-28(13-82)117-62(110-6-5-73)33(43(55)97)74-19(2)85;/h18,22-70,77-84,88-107H,5-17,73H2,1-4H3,(H,74,85)(H,75,86)(H,76,87)(H,108,109);1H4/t18-,22?,23-,24?,25?,26?,27?,28?,29?,30?,31?,32?,33?,34?,35?,36-,37-,38-,39-,40+,41-,42-,43-,44-,45-,46+,47?,48?,49?,50?,51?,52?,53?,54?,55-,56-,57-,58+,59+,60+,61?,62-,63+,64+,65+,66+,67-,68+,69+,70-,72+;/m1./s1. The molecule has 0 radical (unpaired) electrons. The first kappa shape index (κ1) is 110. The molecule has 22 unspecified atom stereocenters. The van der Waals surface area contributed by atoms with E-state index >= 15 is 0 Å². The molecule has 0 saturated carbocycles. The Kier molecular flexibility index (Phi) is 40.5. The van der Waals surface area contributed by atoms with Crippen molar-refractivity contribution in [3.8, 4) is 0 Å². The number of carbonyl (C=O) groups is 4. The second-order valence-electron chi connectivity index (χ2n) is 32.7. The highest BCUT2D eigenvalue weighted by atomic mass is 16.8. The van der Waals surface area contributed by atoms with E-state index in [4.69, 9.17) is 100 Å². The summed E-state index contributed by atoms with van der Waals surface area (Å²) < 4.78 is 118. The van der Waals surface area contributed by atoms with Crippen molar-refractivity contribution < 1.29 is 262 Å². The molecule has 57 nitrogen and oxygen atoms in total. The first-order chi connectivity index (χ1) is 61.0. The Labute approximate surface area is 738 Å². The fourth-order valence-electron chi connectivity index (χ4n) is 16.6. The molecule has 0 aromatic heterocycles. The van der Waals surface area contributed by atoms with Gasteiger partial charge in [-0.2, -0.15) is 0 Å². The number of amides is 3. The molecule has 10 aliphatic rings. The molecule has 10 saturated heterocycles. The Bertz CT molecular complexity index is 3480. The van der Waals surface area contributed by atoms with Crippen molar-refractivity contribution >= 4 is 23.7 Å². The van der Waals surface area contributed by atoms with Gasteiger partial charge in [0.2, 0.25) is 17.7 Å². The van der Waals surface area contributed by atoms with Crippen LogP contribution >= 0.6 is 0 Å². The van der Waals surface area contributed by atoms with Gasteiger partial charge in [-0.25, -0.2) is 4.79 Å². The van der Waals surface area contributed by atoms with Gasteiger partial charge in [-0.1, -0.05) is 14.4 Å². The lowest BCUT2D eigenvalue weighted by atomic mass is 9.84. The topological polar surface area (TPSA) is 902 Å². The Morgan fingerprint density at radius 3 is 1.10 bits per heavy atom. The molecule has 10 fully saturated rings. The molecule has 10 aliphatic heterocycles. The maximum absolute atomic E-state index is 13.3. The van der Waals surface area contributed by atoms with E-state index in [2.05, 4.69) is 16.0 Å². The summed E-state index contributed by atoms with van der Waals surface area (Å²) in [6.07, 6.45) is -100.0. The van der Waals surface area contributed by atoms with Crippen LogP contribution in [0.4, 0.5) is 0 Å². The molecule has 3 amide bonds. The summed E-state index contributed by atoms with van der Waals surface area (Å²) in [6.45, 7) is -7.53. The summed E-state index contributed by atoms with van der Waals surface area (Å²) in [5.41, 5.74) is 5.63. The lowest BCUT2D eigenvalue weighted by Gasteiger charge is -2.51. The molecule has 0 aromatic carbocycles. The van der Waals surface area contributed by atoms with Crippen LogP contribution < -0.4 is 21.7 Å². The fourth-order valence-corrected chi connectivity index (χ4v) is 16.6. The summed E-state index contributed by atoms with van der Waals surface area (Å²) in [5.74, 6) is -9.20. The van der Waals surface area contributed by atoms with E-state index in [9.17, 15) is 167 Å². The van der Waals surface area contributed by atoms with E-state index in [1.807, 2.05) is 0 Å². The Hall–Kier alpha value is -4.08. The van der Waals surface area contributed by atoms with Crippen LogP contribution in [0.5, 0.6) is 0 Å². The van der Waals surface area contributed by atoms with Crippen LogP contribution in [0.2, 0.25) is 0 Å². The zero-order chi connectivity index (χ0) is 95.1. The molecule has 51 atom stereocenters. The summed E-state index contributed by atoms with van der Waals surface area (Å²) >= 11 is 0. The normalized spacial score (nSPS) is 47.8. The van der Waals surface area contributed by atoms with Crippen molar-refractivity contribution in [3.63, 3.8) is 0 Å². The Balaban J connectivity index is 0.0000190. The van der Waals surface area contributed by atoms with Gasteiger partial charge in [0.15, 0.2) is 56.6 Å². The zero-order valence-electron chi connectivity index (χ0n) is 69.4. The quantitative estimate of drug-likeness (QED) is 0.0275. The molecule has 10 heterocycles. The third-order valence-corrected chi connectivity index (χ3v) is 23.8. The van der Waals surface area contributed by atoms with Gasteiger partial charge in [0.1, 0.15) is 232 Å². The van der Waals surface area contributed by atoms with Crippen LogP contribution in [-0.2, 0) is 114 Å². The number of carbonyl (C=O) groups excluding carboxylic acids is 3. The van der Waals surface area contributed by atoms with E-state index in [0.717, 1.165) is 20.8 Å². The van der Waals surface area contributed by atoms with Gasteiger partial charge in [-0.15, -0.1) is 0 Å². The molecule has 0 aromatic rings. The number of nitrogens with two attached hydrogens (primary N) is 1. The molecule has 0 spiro atoms. The first-order valence-electron chi connectivity index (χ1n) is 41.3. The van der Waals surface area contributed by atoms with Crippen molar-refractivity contribution in [1.29, 1.82) is 0 Å². The minimum absolute atomic E-state index is 0. The molecule has 756 valence electrons. The van der Waals surface area contributed by atoms with E-state index < -0.39 is 408 Å². The number of nitrogens with one attached hydrogen (secondary N) is 3. The number of carboxylic acid groups (broad SMARTS) is 1. The fraction of sp³-hybridized carbons (Fsp3) is 0.945. The Morgan fingerprint density at radius 1 is 0.362 bits per heavy atom. The lowest BCUT2D eigenvalue weighted by molar-refractivity contribution is -0.401. The number of rotatable bonds is 37. The van der Waals surface area contributed by atoms with Gasteiger partial charge in [0.05, 0.1) is 84.9 Å². The first-order valence-corrected chi connectivity index (χ1v) is 41.3. The summed E-state index contributed by atoms with van der Waals surface area (Å²) in [5, 5.41) is 332. The molecule has 34 N–H and O–H groups in total. The highest BCUT2D eigenvalue weighted by Crippen LogP contribution is 2.43. The summed E-state index contributed by atoms with van der Waals surface area (Å²) in [6, 6.07) is -5.59. The van der Waals surface area contributed by atoms with Crippen molar-refractivity contribution in [2.75, 3.05) is 79.2 Å². The van der Waals surface area contributed by atoms with Gasteiger partial charge in [0, 0.05) is 39.7 Å². The maximum Gasteiger partial charge on any atom is 0.364 e. The third kappa shape index (κ3) is 24.1. The van der Waals surface area contributed by atoms with Gasteiger partial charge >= 0.3 is 5.97 Å². The lowest BCUT2D eigenvalue weighted by Crippen LogP contribution is -2.71. The van der Waals surface area contributed by atoms with Crippen LogP contribution in [0.15, 0.2) is 0 Å². The predicted octanol–water partition coefficient (Wildman–Crippen LogP) is -21.3. The molecule has 10 rings (SSSR count). The highest BCUT2D eigenvalue weighted by Gasteiger charge is 2.64. The van der Waals surface area contributed by atoms with Gasteiger partial charge in [-0.05, 0) is 0 Å². The largest absolute Gasteiger partial charge is 0.477 e. The van der Waals surface area contributed by atoms with Gasteiger partial charge < -0.3 is 265 Å². The average Bonchev–Trinajstić information content (AvgIpc) is 0.755. The second-order valence-corrected chi connectivity index (χ2v) is 32.7. The average molecular weight is 1910 g/mol. The number of hydrogen-bond acceptors (Lipinski definition) is 53. The number of aliphatic carboxylic acids is 1. The monoisotopic (exact) mass is 1910 g/mol. The molecule has 57 heteroatoms. The SMILES string of the molecule is C.CC(=O)NC1[C@H](OCCN)OC(CO)[C@@H](O[C@@H]2OC(CO)[C@@H](O[C@@H]3OC(CO[C@H]4OC(CO[C@H]5OC(CO)[C@@H](O)[C@H](O)C5O)[C@@H](O)[C@H](O[C@H]5OC(CO)[C@@H](O)C(O)C5O)C4O)[C@@H](O)[C@H](O[C@H]4OC(CO)[C@@H](O)C(O)C4O[C@@H]4OC(CO)[C@@H](O[C@@H]5OC(CO)[C@H](O)[C@H](O[C@]6(C(=O)O)CC(O)[C@@H](C)C([C@H](O)[C@H](O)CO)O6)C5O)[C@H](O)C4NC(C)=O)C3O)[C@H](O)C2NC(C)=O)[C@@H]1O. The minimum Gasteiger partial charge on any atom is -0.477 e. The summed E-state index contributed by atoms with van der Waals surface area (Å²) in [4.78, 5) is 52.1.